The second-order valence-corrected chi connectivity index (χ2v) is 8.55. The Hall–Kier alpha value is -3.19. The largest absolute Gasteiger partial charge is 0.479 e. The molecule has 6 nitrogen and oxygen atoms in total. The van der Waals surface area contributed by atoms with E-state index in [-0.39, 0.29) is 18.4 Å². The minimum absolute atomic E-state index is 0.0909. The van der Waals surface area contributed by atoms with E-state index in [0.29, 0.717) is 11.4 Å². The van der Waals surface area contributed by atoms with Gasteiger partial charge in [0.1, 0.15) is 12.3 Å². The van der Waals surface area contributed by atoms with Gasteiger partial charge in [0.2, 0.25) is 5.91 Å². The van der Waals surface area contributed by atoms with Crippen LogP contribution in [-0.2, 0) is 9.59 Å². The number of benzene rings is 2. The van der Waals surface area contributed by atoms with Crippen LogP contribution in [-0.4, -0.2) is 29.4 Å². The lowest BCUT2D eigenvalue weighted by molar-refractivity contribution is -0.127. The number of nitrogens with zero attached hydrogens (tertiary/aromatic N) is 2. The quantitative estimate of drug-likeness (QED) is 0.674. The number of hydrogen-bond acceptors (Lipinski definition) is 5. The highest BCUT2D eigenvalue weighted by atomic mass is 32.1. The van der Waals surface area contributed by atoms with Gasteiger partial charge in [-0.2, -0.15) is 0 Å². The van der Waals surface area contributed by atoms with Crippen molar-refractivity contribution in [1.29, 1.82) is 0 Å². The molecule has 1 aliphatic heterocycles. The minimum atomic E-state index is -0.654. The molecule has 4 rings (SSSR count). The number of hydrogen-bond donors (Lipinski definition) is 1. The smallest absolute Gasteiger partial charge is 0.268 e. The van der Waals surface area contributed by atoms with E-state index in [0.717, 1.165) is 33.1 Å². The summed E-state index contributed by atoms with van der Waals surface area (Å²) >= 11 is 1.57. The second kappa shape index (κ2) is 7.91. The molecule has 0 saturated carbocycles. The van der Waals surface area contributed by atoms with Gasteiger partial charge in [0, 0.05) is 16.6 Å². The first kappa shape index (κ1) is 20.1. The van der Waals surface area contributed by atoms with Crippen LogP contribution in [0.5, 0.6) is 5.75 Å². The summed E-state index contributed by atoms with van der Waals surface area (Å²) in [6, 6.07) is 11.4. The third kappa shape index (κ3) is 3.93. The van der Waals surface area contributed by atoms with Gasteiger partial charge in [0.25, 0.3) is 5.91 Å². The molecule has 154 valence electrons. The predicted octanol–water partition coefficient (Wildman–Crippen LogP) is 4.49. The van der Waals surface area contributed by atoms with Crippen LogP contribution in [0.3, 0.4) is 0 Å². The molecule has 1 N–H and O–H groups in total. The molecular formula is C23H23N3O3S. The van der Waals surface area contributed by atoms with Crippen LogP contribution in [0.1, 0.15) is 23.1 Å². The molecule has 0 spiro atoms. The molecule has 2 aromatic carbocycles. The number of rotatable bonds is 4. The highest BCUT2D eigenvalue weighted by Gasteiger charge is 2.33. The van der Waals surface area contributed by atoms with Gasteiger partial charge >= 0.3 is 0 Å². The Morgan fingerprint density at radius 2 is 2.00 bits per heavy atom. The summed E-state index contributed by atoms with van der Waals surface area (Å²) in [7, 11) is 0. The van der Waals surface area contributed by atoms with Gasteiger partial charge in [0.15, 0.2) is 6.10 Å². The predicted molar refractivity (Wildman–Crippen MR) is 119 cm³/mol. The summed E-state index contributed by atoms with van der Waals surface area (Å²) in [5, 5.41) is 5.86. The Balaban J connectivity index is 1.62. The topological polar surface area (TPSA) is 71.5 Å². The molecule has 1 unspecified atom stereocenters. The average Bonchev–Trinajstić information content (AvgIpc) is 3.14. The maximum absolute atomic E-state index is 12.8. The van der Waals surface area contributed by atoms with Crippen molar-refractivity contribution in [2.45, 2.75) is 33.8 Å². The Kier molecular flexibility index (Phi) is 5.30. The van der Waals surface area contributed by atoms with Gasteiger partial charge in [-0.1, -0.05) is 17.7 Å². The number of anilines is 2. The monoisotopic (exact) mass is 421 g/mol. The summed E-state index contributed by atoms with van der Waals surface area (Å²) in [4.78, 5) is 31.6. The van der Waals surface area contributed by atoms with E-state index in [1.54, 1.807) is 18.3 Å². The number of thiazole rings is 1. The molecule has 1 aliphatic rings. The van der Waals surface area contributed by atoms with Gasteiger partial charge in [-0.3, -0.25) is 14.5 Å². The van der Waals surface area contributed by atoms with E-state index >= 15 is 0 Å². The molecule has 2 amide bonds. The van der Waals surface area contributed by atoms with Crippen LogP contribution in [0.15, 0.2) is 41.8 Å². The molecule has 1 atom stereocenters. The molecule has 7 heteroatoms. The van der Waals surface area contributed by atoms with E-state index in [2.05, 4.69) is 10.3 Å². The first-order chi connectivity index (χ1) is 14.3. The molecule has 0 radical (unpaired) electrons. The Morgan fingerprint density at radius 3 is 2.70 bits per heavy atom. The lowest BCUT2D eigenvalue weighted by atomic mass is 10.1. The Labute approximate surface area is 179 Å². The number of aryl methyl sites for hydroxylation is 3. The molecule has 0 aliphatic carbocycles. The number of ether oxygens (including phenoxy) is 1. The highest BCUT2D eigenvalue weighted by molar-refractivity contribution is 7.09. The van der Waals surface area contributed by atoms with Crippen LogP contribution < -0.4 is 15.0 Å². The van der Waals surface area contributed by atoms with Gasteiger partial charge in [-0.25, -0.2) is 4.98 Å². The first-order valence-electron chi connectivity index (χ1n) is 9.73. The molecule has 0 saturated heterocycles. The molecular weight excluding hydrogens is 398 g/mol. The van der Waals surface area contributed by atoms with Crippen LogP contribution >= 0.6 is 11.3 Å². The standard InChI is InChI=1S/C23H23N3O3S/c1-13-5-7-18(14(2)9-13)25-22(27)11-26-20-10-17(19-12-30-16(4)24-19)6-8-21(20)29-15(3)23(26)28/h5-10,12,15H,11H2,1-4H3,(H,25,27). The van der Waals surface area contributed by atoms with Gasteiger partial charge in [-0.15, -0.1) is 11.3 Å². The third-order valence-electron chi connectivity index (χ3n) is 5.04. The fraction of sp³-hybridized carbons (Fsp3) is 0.261. The number of amides is 2. The van der Waals surface area contributed by atoms with Crippen LogP contribution in [0.4, 0.5) is 11.4 Å². The maximum Gasteiger partial charge on any atom is 0.268 e. The van der Waals surface area contributed by atoms with Crippen molar-refractivity contribution in [3.8, 4) is 17.0 Å². The molecule has 0 fully saturated rings. The SMILES string of the molecule is Cc1ccc(NC(=O)CN2C(=O)C(C)Oc3ccc(-c4csc(C)n4)cc32)c(C)c1. The second-order valence-electron chi connectivity index (χ2n) is 7.49. The zero-order valence-corrected chi connectivity index (χ0v) is 18.2. The molecule has 1 aromatic heterocycles. The van der Waals surface area contributed by atoms with Crippen molar-refractivity contribution in [2.75, 3.05) is 16.8 Å². The van der Waals surface area contributed by atoms with Crippen LogP contribution in [0, 0.1) is 20.8 Å². The summed E-state index contributed by atoms with van der Waals surface area (Å²) in [6.45, 7) is 7.50. The van der Waals surface area contributed by atoms with Crippen molar-refractivity contribution in [3.63, 3.8) is 0 Å². The van der Waals surface area contributed by atoms with E-state index < -0.39 is 6.10 Å². The highest BCUT2D eigenvalue weighted by Crippen LogP contribution is 2.37. The minimum Gasteiger partial charge on any atom is -0.479 e. The lowest BCUT2D eigenvalue weighted by Gasteiger charge is -2.33. The fourth-order valence-corrected chi connectivity index (χ4v) is 4.13. The summed E-state index contributed by atoms with van der Waals surface area (Å²) in [5.74, 6) is 0.0762. The fourth-order valence-electron chi connectivity index (χ4n) is 3.51. The molecule has 3 aromatic rings. The van der Waals surface area contributed by atoms with E-state index in [9.17, 15) is 9.59 Å². The van der Waals surface area contributed by atoms with Crippen LogP contribution in [0.2, 0.25) is 0 Å². The van der Waals surface area contributed by atoms with Gasteiger partial charge in [0.05, 0.1) is 16.4 Å². The molecule has 30 heavy (non-hydrogen) atoms. The van der Waals surface area contributed by atoms with Crippen molar-refractivity contribution in [1.82, 2.24) is 4.98 Å². The number of aromatic nitrogens is 1. The summed E-state index contributed by atoms with van der Waals surface area (Å²) in [5.41, 5.74) is 5.14. The molecule has 0 bridgehead atoms. The van der Waals surface area contributed by atoms with Crippen molar-refractivity contribution in [2.24, 2.45) is 0 Å². The van der Waals surface area contributed by atoms with E-state index in [4.69, 9.17) is 4.74 Å². The van der Waals surface area contributed by atoms with E-state index in [1.807, 2.05) is 62.5 Å². The van der Waals surface area contributed by atoms with Gasteiger partial charge in [-0.05, 0) is 57.5 Å². The normalized spacial score (nSPS) is 15.5. The third-order valence-corrected chi connectivity index (χ3v) is 5.81. The Morgan fingerprint density at radius 1 is 1.20 bits per heavy atom. The lowest BCUT2D eigenvalue weighted by Crippen LogP contribution is -2.47. The number of carbonyl (C=O) groups excluding carboxylic acids is 2. The van der Waals surface area contributed by atoms with Crippen molar-refractivity contribution >= 4 is 34.5 Å². The van der Waals surface area contributed by atoms with E-state index in [1.165, 1.54) is 4.90 Å². The first-order valence-corrected chi connectivity index (χ1v) is 10.6. The number of fused-ring (bicyclic) bond motifs is 1. The zero-order chi connectivity index (χ0) is 21.4. The maximum atomic E-state index is 12.8. The van der Waals surface area contributed by atoms with Crippen molar-refractivity contribution < 1.29 is 14.3 Å². The van der Waals surface area contributed by atoms with Gasteiger partial charge < -0.3 is 10.1 Å². The summed E-state index contributed by atoms with van der Waals surface area (Å²) in [6.07, 6.45) is -0.654. The molecule has 2 heterocycles. The summed E-state index contributed by atoms with van der Waals surface area (Å²) < 4.78 is 5.76. The number of nitrogens with one attached hydrogen (secondary N) is 1. The zero-order valence-electron chi connectivity index (χ0n) is 17.4. The average molecular weight is 422 g/mol. The Bertz CT molecular complexity index is 1140. The van der Waals surface area contributed by atoms with Crippen LogP contribution in [0.25, 0.3) is 11.3 Å². The number of carbonyl (C=O) groups is 2. The van der Waals surface area contributed by atoms with Crippen molar-refractivity contribution in [3.05, 3.63) is 57.9 Å².